The van der Waals surface area contributed by atoms with Gasteiger partial charge < -0.3 is 20.7 Å². The lowest BCUT2D eigenvalue weighted by Crippen LogP contribution is -2.22. The zero-order valence-corrected chi connectivity index (χ0v) is 10.7. The Balaban J connectivity index is 2.88. The van der Waals surface area contributed by atoms with Gasteiger partial charge in [-0.3, -0.25) is 9.59 Å². The van der Waals surface area contributed by atoms with E-state index in [1.807, 2.05) is 0 Å². The average molecular weight is 251 g/mol. The Labute approximate surface area is 106 Å². The molecule has 0 radical (unpaired) electrons. The number of benzene rings is 1. The molecule has 1 rings (SSSR count). The van der Waals surface area contributed by atoms with Gasteiger partial charge in [0.1, 0.15) is 6.54 Å². The van der Waals surface area contributed by atoms with E-state index in [1.54, 1.807) is 32.3 Å². The van der Waals surface area contributed by atoms with E-state index in [4.69, 9.17) is 5.73 Å². The lowest BCUT2D eigenvalue weighted by atomic mass is 10.1. The van der Waals surface area contributed by atoms with Gasteiger partial charge in [-0.15, -0.1) is 0 Å². The number of anilines is 2. The Morgan fingerprint density at radius 1 is 1.39 bits per heavy atom. The van der Waals surface area contributed by atoms with Gasteiger partial charge in [0.2, 0.25) is 0 Å². The topological polar surface area (TPSA) is 84.7 Å². The fourth-order valence-corrected chi connectivity index (χ4v) is 1.34. The van der Waals surface area contributed by atoms with Crippen molar-refractivity contribution in [3.8, 4) is 0 Å². The number of carbonyl (C=O) groups excluding carboxylic acids is 2. The van der Waals surface area contributed by atoms with Gasteiger partial charge in [0.25, 0.3) is 5.91 Å². The summed E-state index contributed by atoms with van der Waals surface area (Å²) in [6.45, 7) is 0.000306. The van der Waals surface area contributed by atoms with Crippen LogP contribution in [0.25, 0.3) is 0 Å². The zero-order valence-electron chi connectivity index (χ0n) is 10.7. The van der Waals surface area contributed by atoms with E-state index < -0.39 is 5.97 Å². The molecule has 0 atom stereocenters. The molecule has 98 valence electrons. The molecule has 1 aromatic carbocycles. The number of nitrogens with one attached hydrogen (secondary N) is 1. The highest BCUT2D eigenvalue weighted by molar-refractivity contribution is 5.96. The van der Waals surface area contributed by atoms with Crippen LogP contribution in [0.4, 0.5) is 11.4 Å². The number of carbonyl (C=O) groups is 2. The number of amides is 1. The lowest BCUT2D eigenvalue weighted by molar-refractivity contribution is -0.138. The van der Waals surface area contributed by atoms with Crippen molar-refractivity contribution < 1.29 is 14.3 Å². The van der Waals surface area contributed by atoms with Gasteiger partial charge in [0.05, 0.1) is 18.5 Å². The van der Waals surface area contributed by atoms with E-state index in [1.165, 1.54) is 12.0 Å². The summed E-state index contributed by atoms with van der Waals surface area (Å²) in [7, 11) is 4.64. The van der Waals surface area contributed by atoms with E-state index in [9.17, 15) is 9.59 Å². The summed E-state index contributed by atoms with van der Waals surface area (Å²) in [5.41, 5.74) is 7.26. The quantitative estimate of drug-likeness (QED) is 0.603. The third kappa shape index (κ3) is 3.38. The minimum Gasteiger partial charge on any atom is -0.468 e. The molecule has 18 heavy (non-hydrogen) atoms. The molecule has 0 saturated heterocycles. The molecular weight excluding hydrogens is 234 g/mol. The number of nitrogen functional groups attached to an aromatic ring is 1. The molecule has 0 aliphatic carbocycles. The largest absolute Gasteiger partial charge is 0.468 e. The molecule has 6 nitrogen and oxygen atoms in total. The van der Waals surface area contributed by atoms with Gasteiger partial charge in [-0.2, -0.15) is 0 Å². The predicted molar refractivity (Wildman–Crippen MR) is 69.4 cm³/mol. The fourth-order valence-electron chi connectivity index (χ4n) is 1.34. The van der Waals surface area contributed by atoms with Crippen LogP contribution in [0.5, 0.6) is 0 Å². The van der Waals surface area contributed by atoms with E-state index in [0.717, 1.165) is 0 Å². The Kier molecular flexibility index (Phi) is 4.53. The molecule has 6 heteroatoms. The molecule has 0 bridgehead atoms. The maximum Gasteiger partial charge on any atom is 0.325 e. The molecule has 0 aliphatic rings. The summed E-state index contributed by atoms with van der Waals surface area (Å²) in [5, 5.41) is 2.83. The highest BCUT2D eigenvalue weighted by Gasteiger charge is 2.10. The van der Waals surface area contributed by atoms with Crippen LogP contribution in [0, 0.1) is 0 Å². The Morgan fingerprint density at radius 3 is 2.61 bits per heavy atom. The fraction of sp³-hybridized carbons (Fsp3) is 0.333. The summed E-state index contributed by atoms with van der Waals surface area (Å²) in [6, 6.07) is 4.87. The number of nitrogens with two attached hydrogens (primary N) is 1. The van der Waals surface area contributed by atoms with Gasteiger partial charge in [0, 0.05) is 19.7 Å². The summed E-state index contributed by atoms with van der Waals surface area (Å²) < 4.78 is 4.51. The van der Waals surface area contributed by atoms with Gasteiger partial charge in [-0.05, 0) is 18.2 Å². The van der Waals surface area contributed by atoms with E-state index >= 15 is 0 Å². The molecular formula is C12H17N3O3. The maximum absolute atomic E-state index is 11.8. The molecule has 3 N–H and O–H groups in total. The first-order valence-corrected chi connectivity index (χ1v) is 5.37. The number of nitrogens with zero attached hydrogens (tertiary/aromatic N) is 1. The van der Waals surface area contributed by atoms with E-state index in [0.29, 0.717) is 16.9 Å². The third-order valence-corrected chi connectivity index (χ3v) is 2.36. The van der Waals surface area contributed by atoms with Crippen LogP contribution in [0.1, 0.15) is 10.4 Å². The van der Waals surface area contributed by atoms with Gasteiger partial charge in [-0.1, -0.05) is 0 Å². The number of ether oxygens (including phenoxy) is 1. The van der Waals surface area contributed by atoms with Crippen LogP contribution in [0.2, 0.25) is 0 Å². The van der Waals surface area contributed by atoms with Crippen LogP contribution in [0.3, 0.4) is 0 Å². The van der Waals surface area contributed by atoms with Crippen molar-refractivity contribution in [2.24, 2.45) is 0 Å². The van der Waals surface area contributed by atoms with Crippen molar-refractivity contribution in [2.75, 3.05) is 38.8 Å². The summed E-state index contributed by atoms with van der Waals surface area (Å²) >= 11 is 0. The normalized spacial score (nSPS) is 9.72. The minimum absolute atomic E-state index is 0.000306. The molecule has 0 saturated carbocycles. The van der Waals surface area contributed by atoms with Crippen molar-refractivity contribution in [3.05, 3.63) is 23.8 Å². The van der Waals surface area contributed by atoms with Crippen molar-refractivity contribution >= 4 is 23.3 Å². The molecule has 1 amide bonds. The van der Waals surface area contributed by atoms with Crippen molar-refractivity contribution in [2.45, 2.75) is 0 Å². The van der Waals surface area contributed by atoms with E-state index in [2.05, 4.69) is 10.1 Å². The maximum atomic E-state index is 11.8. The third-order valence-electron chi connectivity index (χ3n) is 2.36. The molecule has 1 aromatic rings. The SMILES string of the molecule is COC(=O)CNc1cc(C(=O)N(C)C)ccc1N. The molecule has 0 fully saturated rings. The Hall–Kier alpha value is -2.24. The molecule has 0 heterocycles. The second-order valence-corrected chi connectivity index (χ2v) is 3.93. The van der Waals surface area contributed by atoms with Crippen LogP contribution < -0.4 is 11.1 Å². The first kappa shape index (κ1) is 13.8. The lowest BCUT2D eigenvalue weighted by Gasteiger charge is -2.13. The van der Waals surface area contributed by atoms with Crippen LogP contribution >= 0.6 is 0 Å². The van der Waals surface area contributed by atoms with Gasteiger partial charge in [-0.25, -0.2) is 0 Å². The predicted octanol–water partition coefficient (Wildman–Crippen LogP) is 0.555. The minimum atomic E-state index is -0.404. The van der Waals surface area contributed by atoms with Crippen LogP contribution in [0.15, 0.2) is 18.2 Å². The zero-order chi connectivity index (χ0) is 13.7. The second-order valence-electron chi connectivity index (χ2n) is 3.93. The highest BCUT2D eigenvalue weighted by Crippen LogP contribution is 2.20. The monoisotopic (exact) mass is 251 g/mol. The second kappa shape index (κ2) is 5.90. The summed E-state index contributed by atoms with van der Waals surface area (Å²) in [4.78, 5) is 24.3. The highest BCUT2D eigenvalue weighted by atomic mass is 16.5. The summed E-state index contributed by atoms with van der Waals surface area (Å²) in [6.07, 6.45) is 0. The van der Waals surface area contributed by atoms with Crippen molar-refractivity contribution in [1.29, 1.82) is 0 Å². The Morgan fingerprint density at radius 2 is 2.06 bits per heavy atom. The van der Waals surface area contributed by atoms with Gasteiger partial charge in [0.15, 0.2) is 0 Å². The smallest absolute Gasteiger partial charge is 0.325 e. The number of esters is 1. The van der Waals surface area contributed by atoms with Crippen LogP contribution in [-0.2, 0) is 9.53 Å². The van der Waals surface area contributed by atoms with Gasteiger partial charge >= 0.3 is 5.97 Å². The molecule has 0 aliphatic heterocycles. The number of hydrogen-bond donors (Lipinski definition) is 2. The molecule has 0 spiro atoms. The molecule has 0 unspecified atom stereocenters. The standard InChI is InChI=1S/C12H17N3O3/c1-15(2)12(17)8-4-5-9(13)10(6-8)14-7-11(16)18-3/h4-6,14H,7,13H2,1-3H3. The number of hydrogen-bond acceptors (Lipinski definition) is 5. The number of methoxy groups -OCH3 is 1. The Bertz CT molecular complexity index is 458. The van der Waals surface area contributed by atoms with Crippen molar-refractivity contribution in [1.82, 2.24) is 4.90 Å². The first-order chi connectivity index (χ1) is 8.45. The van der Waals surface area contributed by atoms with Crippen molar-refractivity contribution in [3.63, 3.8) is 0 Å². The summed E-state index contributed by atoms with van der Waals surface area (Å²) in [5.74, 6) is -0.533. The van der Waals surface area contributed by atoms with Crippen LogP contribution in [-0.4, -0.2) is 44.5 Å². The number of rotatable bonds is 4. The average Bonchev–Trinajstić information content (AvgIpc) is 2.36. The first-order valence-electron chi connectivity index (χ1n) is 5.37. The van der Waals surface area contributed by atoms with E-state index in [-0.39, 0.29) is 12.5 Å². The molecule has 0 aromatic heterocycles.